The molecule has 28 heavy (non-hydrogen) atoms. The van der Waals surface area contributed by atoms with E-state index in [2.05, 4.69) is 15.5 Å². The number of fused-ring (bicyclic) bond motifs is 1. The van der Waals surface area contributed by atoms with Gasteiger partial charge in [-0.25, -0.2) is 9.78 Å². The van der Waals surface area contributed by atoms with Crippen molar-refractivity contribution < 1.29 is 9.15 Å². The van der Waals surface area contributed by atoms with Gasteiger partial charge in [0.25, 0.3) is 0 Å². The number of ether oxygens (including phenoxy) is 1. The van der Waals surface area contributed by atoms with E-state index in [1.54, 1.807) is 43.0 Å². The van der Waals surface area contributed by atoms with Crippen LogP contribution in [0.2, 0.25) is 5.02 Å². The Morgan fingerprint density at radius 1 is 1.21 bits per heavy atom. The Morgan fingerprint density at radius 3 is 2.82 bits per heavy atom. The lowest BCUT2D eigenvalue weighted by Gasteiger charge is -2.00. The molecule has 0 aliphatic carbocycles. The van der Waals surface area contributed by atoms with E-state index in [0.717, 1.165) is 16.7 Å². The minimum Gasteiger partial charge on any atom is -0.497 e. The molecule has 6 nitrogen and oxygen atoms in total. The molecule has 4 rings (SSSR count). The second-order valence-corrected chi connectivity index (χ2v) is 7.11. The molecule has 0 atom stereocenters. The van der Waals surface area contributed by atoms with Gasteiger partial charge in [-0.05, 0) is 54.1 Å². The zero-order valence-electron chi connectivity index (χ0n) is 14.7. The average molecular weight is 412 g/mol. The van der Waals surface area contributed by atoms with E-state index < -0.39 is 5.63 Å². The standard InChI is InChI=1S/C20H14ClN3O3S/c1-26-15-5-2-12(3-6-15)10-22-24-20-23-17(11-28-20)16-9-13-8-14(21)4-7-18(13)27-19(16)25/h2-11H,1H3,(H,23,24)/b22-10-. The topological polar surface area (TPSA) is 76.7 Å². The highest BCUT2D eigenvalue weighted by molar-refractivity contribution is 7.14. The van der Waals surface area contributed by atoms with Gasteiger partial charge in [-0.2, -0.15) is 5.10 Å². The third-order valence-electron chi connectivity index (χ3n) is 3.96. The van der Waals surface area contributed by atoms with E-state index in [1.807, 2.05) is 24.3 Å². The fourth-order valence-corrected chi connectivity index (χ4v) is 3.41. The van der Waals surface area contributed by atoms with Gasteiger partial charge in [0.1, 0.15) is 11.3 Å². The Labute approximate surface area is 169 Å². The van der Waals surface area contributed by atoms with Gasteiger partial charge in [0.15, 0.2) is 0 Å². The molecule has 2 aromatic carbocycles. The van der Waals surface area contributed by atoms with E-state index in [4.69, 9.17) is 20.8 Å². The predicted octanol–water partition coefficient (Wildman–Crippen LogP) is 5.02. The highest BCUT2D eigenvalue weighted by Crippen LogP contribution is 2.26. The summed E-state index contributed by atoms with van der Waals surface area (Å²) in [5.74, 6) is 0.783. The number of methoxy groups -OCH3 is 1. The summed E-state index contributed by atoms with van der Waals surface area (Å²) in [6.07, 6.45) is 1.67. The van der Waals surface area contributed by atoms with Crippen molar-refractivity contribution in [3.8, 4) is 17.0 Å². The Bertz CT molecular complexity index is 1220. The number of thiazole rings is 1. The Kier molecular flexibility index (Phi) is 5.10. The third-order valence-corrected chi connectivity index (χ3v) is 4.95. The minimum atomic E-state index is -0.451. The smallest absolute Gasteiger partial charge is 0.345 e. The number of hydrogen-bond acceptors (Lipinski definition) is 7. The number of hydrogen-bond donors (Lipinski definition) is 1. The summed E-state index contributed by atoms with van der Waals surface area (Å²) in [5, 5.41) is 7.81. The second-order valence-electron chi connectivity index (χ2n) is 5.81. The Balaban J connectivity index is 1.54. The van der Waals surface area contributed by atoms with Crippen LogP contribution in [0.3, 0.4) is 0 Å². The van der Waals surface area contributed by atoms with Crippen molar-refractivity contribution in [3.05, 3.63) is 74.9 Å². The number of nitrogens with one attached hydrogen (secondary N) is 1. The second kappa shape index (κ2) is 7.84. The molecule has 0 unspecified atom stereocenters. The van der Waals surface area contributed by atoms with Crippen LogP contribution in [0.4, 0.5) is 5.13 Å². The molecule has 2 heterocycles. The SMILES string of the molecule is COc1ccc(/C=N\Nc2nc(-c3cc4cc(Cl)ccc4oc3=O)cs2)cc1. The Morgan fingerprint density at radius 2 is 2.04 bits per heavy atom. The van der Waals surface area contributed by atoms with Crippen LogP contribution in [0.15, 0.2) is 68.2 Å². The molecule has 4 aromatic rings. The lowest BCUT2D eigenvalue weighted by atomic mass is 10.1. The van der Waals surface area contributed by atoms with Crippen molar-refractivity contribution in [3.63, 3.8) is 0 Å². The minimum absolute atomic E-state index is 0.373. The summed E-state index contributed by atoms with van der Waals surface area (Å²) < 4.78 is 10.5. The van der Waals surface area contributed by atoms with Crippen LogP contribution in [-0.4, -0.2) is 18.3 Å². The van der Waals surface area contributed by atoms with Gasteiger partial charge >= 0.3 is 5.63 Å². The van der Waals surface area contributed by atoms with Crippen molar-refractivity contribution in [1.29, 1.82) is 0 Å². The molecule has 2 aromatic heterocycles. The number of benzene rings is 2. The van der Waals surface area contributed by atoms with Gasteiger partial charge in [0.2, 0.25) is 5.13 Å². The van der Waals surface area contributed by atoms with Gasteiger partial charge in [0.05, 0.1) is 24.6 Å². The largest absolute Gasteiger partial charge is 0.497 e. The summed E-state index contributed by atoms with van der Waals surface area (Å²) in [6.45, 7) is 0. The van der Waals surface area contributed by atoms with Gasteiger partial charge in [-0.1, -0.05) is 11.6 Å². The quantitative estimate of drug-likeness (QED) is 0.283. The molecule has 0 spiro atoms. The fourth-order valence-electron chi connectivity index (χ4n) is 2.57. The first kappa shape index (κ1) is 18.2. The molecule has 140 valence electrons. The van der Waals surface area contributed by atoms with E-state index in [-0.39, 0.29) is 0 Å². The fraction of sp³-hybridized carbons (Fsp3) is 0.0500. The van der Waals surface area contributed by atoms with Crippen LogP contribution in [-0.2, 0) is 0 Å². The summed E-state index contributed by atoms with van der Waals surface area (Å²) >= 11 is 7.36. The van der Waals surface area contributed by atoms with E-state index in [0.29, 0.717) is 27.0 Å². The molecule has 0 radical (unpaired) electrons. The molecule has 1 N–H and O–H groups in total. The van der Waals surface area contributed by atoms with Crippen molar-refractivity contribution in [2.75, 3.05) is 12.5 Å². The average Bonchev–Trinajstić information content (AvgIpc) is 3.17. The number of rotatable bonds is 5. The first-order valence-corrected chi connectivity index (χ1v) is 9.50. The first-order chi connectivity index (χ1) is 13.6. The van der Waals surface area contributed by atoms with Crippen molar-refractivity contribution in [2.24, 2.45) is 5.10 Å². The van der Waals surface area contributed by atoms with Gasteiger partial charge in [-0.15, -0.1) is 11.3 Å². The van der Waals surface area contributed by atoms with Crippen LogP contribution in [0.25, 0.3) is 22.2 Å². The lowest BCUT2D eigenvalue weighted by Crippen LogP contribution is -2.03. The summed E-state index contributed by atoms with van der Waals surface area (Å²) in [7, 11) is 1.62. The molecule has 0 amide bonds. The molecule has 0 aliphatic heterocycles. The summed E-state index contributed by atoms with van der Waals surface area (Å²) in [4.78, 5) is 16.7. The monoisotopic (exact) mass is 411 g/mol. The highest BCUT2D eigenvalue weighted by atomic mass is 35.5. The maximum Gasteiger partial charge on any atom is 0.345 e. The highest BCUT2D eigenvalue weighted by Gasteiger charge is 2.11. The molecule has 0 bridgehead atoms. The van der Waals surface area contributed by atoms with Gasteiger partial charge in [0, 0.05) is 15.8 Å². The number of halogens is 1. The molecule has 0 saturated carbocycles. The van der Waals surface area contributed by atoms with Crippen LogP contribution in [0, 0.1) is 0 Å². The van der Waals surface area contributed by atoms with Crippen LogP contribution in [0.1, 0.15) is 5.56 Å². The van der Waals surface area contributed by atoms with Crippen molar-refractivity contribution in [1.82, 2.24) is 4.98 Å². The van der Waals surface area contributed by atoms with E-state index in [9.17, 15) is 4.79 Å². The summed E-state index contributed by atoms with van der Waals surface area (Å²) in [6, 6.07) is 14.3. The molecule has 0 fully saturated rings. The van der Waals surface area contributed by atoms with Crippen LogP contribution < -0.4 is 15.8 Å². The van der Waals surface area contributed by atoms with Crippen molar-refractivity contribution >= 4 is 45.3 Å². The number of anilines is 1. The molecule has 0 saturated heterocycles. The van der Waals surface area contributed by atoms with Gasteiger partial charge in [-0.3, -0.25) is 5.43 Å². The predicted molar refractivity (Wildman–Crippen MR) is 113 cm³/mol. The van der Waals surface area contributed by atoms with Crippen molar-refractivity contribution in [2.45, 2.75) is 0 Å². The molecular weight excluding hydrogens is 398 g/mol. The van der Waals surface area contributed by atoms with Gasteiger partial charge < -0.3 is 9.15 Å². The number of hydrazone groups is 1. The lowest BCUT2D eigenvalue weighted by molar-refractivity contribution is 0.415. The molecule has 0 aliphatic rings. The zero-order valence-corrected chi connectivity index (χ0v) is 16.3. The number of aromatic nitrogens is 1. The maximum absolute atomic E-state index is 12.3. The molecular formula is C20H14ClN3O3S. The Hall–Kier alpha value is -3.16. The summed E-state index contributed by atoms with van der Waals surface area (Å²) in [5.41, 5.74) is 4.70. The van der Waals surface area contributed by atoms with E-state index >= 15 is 0 Å². The van der Waals surface area contributed by atoms with Crippen LogP contribution >= 0.6 is 22.9 Å². The third kappa shape index (κ3) is 3.90. The van der Waals surface area contributed by atoms with E-state index in [1.165, 1.54) is 11.3 Å². The molecule has 8 heteroatoms. The zero-order chi connectivity index (χ0) is 19.5. The maximum atomic E-state index is 12.3. The normalized spacial score (nSPS) is 11.2. The number of nitrogens with zero attached hydrogens (tertiary/aromatic N) is 2. The van der Waals surface area contributed by atoms with Crippen LogP contribution in [0.5, 0.6) is 5.75 Å². The first-order valence-electron chi connectivity index (χ1n) is 8.25.